The fourth-order valence-corrected chi connectivity index (χ4v) is 1.76. The summed E-state index contributed by atoms with van der Waals surface area (Å²) in [5.74, 6) is 0. The average molecular weight is 216 g/mol. The highest BCUT2D eigenvalue weighted by atomic mass is 16.2. The standard InChI is InChI=1S/C10H8N4O2/c1-13-8-7(9(15)12-10(13)16)14-5-3-2-4-6(14)11-8/h2-5H,1H3,(H,12,15,16). The number of aryl methyl sites for hydroxylation is 1. The topological polar surface area (TPSA) is 72.2 Å². The molecular formula is C10H8N4O2. The van der Waals surface area contributed by atoms with Gasteiger partial charge in [-0.1, -0.05) is 6.07 Å². The molecule has 6 heteroatoms. The third-order valence-corrected chi connectivity index (χ3v) is 2.57. The van der Waals surface area contributed by atoms with E-state index in [0.717, 1.165) is 0 Å². The van der Waals surface area contributed by atoms with Gasteiger partial charge < -0.3 is 0 Å². The lowest BCUT2D eigenvalue weighted by Gasteiger charge is -1.96. The number of pyridine rings is 1. The van der Waals surface area contributed by atoms with E-state index in [2.05, 4.69) is 9.97 Å². The van der Waals surface area contributed by atoms with Gasteiger partial charge in [-0.2, -0.15) is 0 Å². The largest absolute Gasteiger partial charge is 0.329 e. The summed E-state index contributed by atoms with van der Waals surface area (Å²) in [6.07, 6.45) is 1.74. The molecule has 3 heterocycles. The lowest BCUT2D eigenvalue weighted by molar-refractivity contribution is 0.832. The van der Waals surface area contributed by atoms with Crippen LogP contribution in [0.3, 0.4) is 0 Å². The maximum absolute atomic E-state index is 11.7. The Morgan fingerprint density at radius 2 is 2.12 bits per heavy atom. The number of rotatable bonds is 0. The lowest BCUT2D eigenvalue weighted by atomic mass is 10.4. The van der Waals surface area contributed by atoms with E-state index >= 15 is 0 Å². The van der Waals surface area contributed by atoms with Gasteiger partial charge in [0.25, 0.3) is 5.56 Å². The molecule has 16 heavy (non-hydrogen) atoms. The van der Waals surface area contributed by atoms with Crippen LogP contribution in [0.2, 0.25) is 0 Å². The molecule has 0 saturated carbocycles. The Kier molecular flexibility index (Phi) is 1.57. The number of nitrogens with one attached hydrogen (secondary N) is 1. The molecule has 80 valence electrons. The Morgan fingerprint density at radius 1 is 1.31 bits per heavy atom. The molecule has 0 radical (unpaired) electrons. The van der Waals surface area contributed by atoms with E-state index in [-0.39, 0.29) is 0 Å². The molecule has 1 N–H and O–H groups in total. The van der Waals surface area contributed by atoms with Crippen LogP contribution in [-0.2, 0) is 7.05 Å². The minimum Gasteiger partial charge on any atom is -0.294 e. The fourth-order valence-electron chi connectivity index (χ4n) is 1.76. The van der Waals surface area contributed by atoms with Gasteiger partial charge in [0.2, 0.25) is 0 Å². The lowest BCUT2D eigenvalue weighted by Crippen LogP contribution is -2.28. The summed E-state index contributed by atoms with van der Waals surface area (Å²) in [6, 6.07) is 5.41. The van der Waals surface area contributed by atoms with Gasteiger partial charge in [-0.3, -0.25) is 18.7 Å². The van der Waals surface area contributed by atoms with Crippen LogP contribution in [0.15, 0.2) is 34.0 Å². The Hall–Kier alpha value is -2.37. The van der Waals surface area contributed by atoms with Crippen LogP contribution in [-0.4, -0.2) is 18.9 Å². The van der Waals surface area contributed by atoms with Crippen LogP contribution >= 0.6 is 0 Å². The zero-order valence-electron chi connectivity index (χ0n) is 8.47. The minimum absolute atomic E-state index is 0.387. The summed E-state index contributed by atoms with van der Waals surface area (Å²) in [5, 5.41) is 0. The van der Waals surface area contributed by atoms with Crippen LogP contribution in [0.5, 0.6) is 0 Å². The van der Waals surface area contributed by atoms with Crippen LogP contribution in [0.25, 0.3) is 16.8 Å². The summed E-state index contributed by atoms with van der Waals surface area (Å²) >= 11 is 0. The highest BCUT2D eigenvalue weighted by Crippen LogP contribution is 2.09. The minimum atomic E-state index is -0.457. The molecule has 0 aromatic carbocycles. The van der Waals surface area contributed by atoms with E-state index in [4.69, 9.17) is 0 Å². The second-order valence-corrected chi connectivity index (χ2v) is 3.53. The van der Waals surface area contributed by atoms with Crippen molar-refractivity contribution in [2.45, 2.75) is 0 Å². The van der Waals surface area contributed by atoms with Crippen molar-refractivity contribution in [2.75, 3.05) is 0 Å². The number of fused-ring (bicyclic) bond motifs is 3. The first-order valence-corrected chi connectivity index (χ1v) is 4.74. The number of hydrogen-bond acceptors (Lipinski definition) is 3. The second-order valence-electron chi connectivity index (χ2n) is 3.53. The summed E-state index contributed by atoms with van der Waals surface area (Å²) in [5.41, 5.74) is 0.541. The molecule has 0 amide bonds. The number of H-pyrrole nitrogens is 1. The second kappa shape index (κ2) is 2.82. The number of imidazole rings is 1. The first kappa shape index (κ1) is 8.90. The predicted molar refractivity (Wildman–Crippen MR) is 58.6 cm³/mol. The van der Waals surface area contributed by atoms with Gasteiger partial charge in [0.1, 0.15) is 5.65 Å². The molecule has 0 spiro atoms. The van der Waals surface area contributed by atoms with Gasteiger partial charge in [-0.15, -0.1) is 0 Å². The van der Waals surface area contributed by atoms with E-state index in [1.165, 1.54) is 4.57 Å². The van der Waals surface area contributed by atoms with Crippen molar-refractivity contribution >= 4 is 16.8 Å². The van der Waals surface area contributed by atoms with E-state index in [1.54, 1.807) is 29.8 Å². The number of hydrogen-bond donors (Lipinski definition) is 1. The monoisotopic (exact) mass is 216 g/mol. The van der Waals surface area contributed by atoms with Gasteiger partial charge in [-0.25, -0.2) is 9.78 Å². The van der Waals surface area contributed by atoms with E-state index < -0.39 is 11.2 Å². The number of nitrogens with zero attached hydrogens (tertiary/aromatic N) is 3. The van der Waals surface area contributed by atoms with E-state index in [1.807, 2.05) is 6.07 Å². The molecule has 3 aromatic rings. The van der Waals surface area contributed by atoms with Crippen molar-refractivity contribution in [2.24, 2.45) is 7.05 Å². The number of aromatic nitrogens is 4. The average Bonchev–Trinajstić information content (AvgIpc) is 2.65. The normalized spacial score (nSPS) is 11.3. The Balaban J connectivity index is 2.76. The Bertz CT molecular complexity index is 809. The van der Waals surface area contributed by atoms with Gasteiger partial charge in [0.05, 0.1) is 0 Å². The third kappa shape index (κ3) is 0.979. The Morgan fingerprint density at radius 3 is 2.94 bits per heavy atom. The van der Waals surface area contributed by atoms with Crippen molar-refractivity contribution in [3.63, 3.8) is 0 Å². The molecular weight excluding hydrogens is 208 g/mol. The summed E-state index contributed by atoms with van der Waals surface area (Å²) in [7, 11) is 1.58. The molecule has 0 aliphatic heterocycles. The van der Waals surface area contributed by atoms with E-state index in [0.29, 0.717) is 16.8 Å². The highest BCUT2D eigenvalue weighted by molar-refractivity contribution is 5.75. The van der Waals surface area contributed by atoms with Crippen molar-refractivity contribution in [1.82, 2.24) is 18.9 Å². The van der Waals surface area contributed by atoms with Crippen LogP contribution < -0.4 is 11.2 Å². The van der Waals surface area contributed by atoms with Gasteiger partial charge in [-0.05, 0) is 12.1 Å². The third-order valence-electron chi connectivity index (χ3n) is 2.57. The summed E-state index contributed by atoms with van der Waals surface area (Å²) < 4.78 is 2.98. The summed E-state index contributed by atoms with van der Waals surface area (Å²) in [6.45, 7) is 0. The molecule has 0 unspecified atom stereocenters. The molecule has 3 aromatic heterocycles. The molecule has 0 saturated heterocycles. The molecule has 0 bridgehead atoms. The van der Waals surface area contributed by atoms with Gasteiger partial charge >= 0.3 is 5.69 Å². The predicted octanol–water partition coefficient (Wildman–Crippen LogP) is -0.126. The highest BCUT2D eigenvalue weighted by Gasteiger charge is 2.11. The van der Waals surface area contributed by atoms with Crippen molar-refractivity contribution in [1.29, 1.82) is 0 Å². The SMILES string of the molecule is Cn1c(=O)[nH]c(=O)c2c1nc1ccccn12. The smallest absolute Gasteiger partial charge is 0.294 e. The van der Waals surface area contributed by atoms with Crippen molar-refractivity contribution in [3.05, 3.63) is 45.2 Å². The maximum Gasteiger partial charge on any atom is 0.329 e. The molecule has 0 atom stereocenters. The quantitative estimate of drug-likeness (QED) is 0.569. The van der Waals surface area contributed by atoms with Crippen LogP contribution in [0.1, 0.15) is 0 Å². The van der Waals surface area contributed by atoms with Crippen molar-refractivity contribution in [3.8, 4) is 0 Å². The molecule has 6 nitrogen and oxygen atoms in total. The summed E-state index contributed by atoms with van der Waals surface area (Å²) in [4.78, 5) is 29.6. The molecule has 3 rings (SSSR count). The molecule has 0 aliphatic carbocycles. The van der Waals surface area contributed by atoms with Crippen molar-refractivity contribution < 1.29 is 0 Å². The number of aromatic amines is 1. The zero-order valence-corrected chi connectivity index (χ0v) is 8.47. The first-order chi connectivity index (χ1) is 7.68. The van der Waals surface area contributed by atoms with Crippen LogP contribution in [0, 0.1) is 0 Å². The Labute approximate surface area is 88.8 Å². The maximum atomic E-state index is 11.7. The van der Waals surface area contributed by atoms with E-state index in [9.17, 15) is 9.59 Å². The molecule has 0 fully saturated rings. The van der Waals surface area contributed by atoms with Gasteiger partial charge in [0, 0.05) is 13.2 Å². The first-order valence-electron chi connectivity index (χ1n) is 4.74. The van der Waals surface area contributed by atoms with Gasteiger partial charge in [0.15, 0.2) is 11.2 Å². The van der Waals surface area contributed by atoms with Crippen LogP contribution in [0.4, 0.5) is 0 Å². The zero-order chi connectivity index (χ0) is 11.3. The molecule has 0 aliphatic rings. The fraction of sp³-hybridized carbons (Fsp3) is 0.100.